The molecule has 124 valence electrons. The summed E-state index contributed by atoms with van der Waals surface area (Å²) in [5.74, 6) is 0.579. The van der Waals surface area contributed by atoms with E-state index in [2.05, 4.69) is 32.6 Å². The molecule has 0 amide bonds. The number of benzene rings is 1. The lowest BCUT2D eigenvalue weighted by Crippen LogP contribution is -2.15. The van der Waals surface area contributed by atoms with E-state index in [1.54, 1.807) is 0 Å². The van der Waals surface area contributed by atoms with E-state index in [1.807, 2.05) is 19.1 Å². The minimum absolute atomic E-state index is 0.219. The van der Waals surface area contributed by atoms with Gasteiger partial charge in [0.1, 0.15) is 5.69 Å². The molecule has 0 N–H and O–H groups in total. The topological polar surface area (TPSA) is 31.2 Å². The van der Waals surface area contributed by atoms with Gasteiger partial charge in [-0.1, -0.05) is 48.0 Å². The number of aromatic nitrogens is 1. The molecule has 0 saturated heterocycles. The Morgan fingerprint density at radius 1 is 1.26 bits per heavy atom. The number of carbonyl (C=O) groups excluding carboxylic acids is 1. The molecule has 1 aliphatic rings. The Morgan fingerprint density at radius 2 is 2.04 bits per heavy atom. The van der Waals surface area contributed by atoms with E-state index >= 15 is 0 Å². The SMILES string of the molecule is CCOC(=O)c1cc2cc(Br)ccc2n1CCC1CCCCC1. The van der Waals surface area contributed by atoms with Crippen LogP contribution in [-0.4, -0.2) is 17.1 Å². The number of nitrogens with zero attached hydrogens (tertiary/aromatic N) is 1. The Morgan fingerprint density at radius 3 is 2.78 bits per heavy atom. The van der Waals surface area contributed by atoms with Crippen molar-refractivity contribution in [3.05, 3.63) is 34.4 Å². The maximum Gasteiger partial charge on any atom is 0.354 e. The number of rotatable bonds is 5. The third-order valence-corrected chi connectivity index (χ3v) is 5.33. The van der Waals surface area contributed by atoms with Gasteiger partial charge in [0.25, 0.3) is 0 Å². The third-order valence-electron chi connectivity index (χ3n) is 4.83. The van der Waals surface area contributed by atoms with Gasteiger partial charge in [-0.25, -0.2) is 4.79 Å². The van der Waals surface area contributed by atoms with E-state index < -0.39 is 0 Å². The van der Waals surface area contributed by atoms with Crippen molar-refractivity contribution in [3.8, 4) is 0 Å². The molecular weight excluding hydrogens is 354 g/mol. The van der Waals surface area contributed by atoms with E-state index in [0.29, 0.717) is 12.3 Å². The fraction of sp³-hybridized carbons (Fsp3) is 0.526. The zero-order chi connectivity index (χ0) is 16.2. The first kappa shape index (κ1) is 16.6. The van der Waals surface area contributed by atoms with Crippen molar-refractivity contribution in [3.63, 3.8) is 0 Å². The molecule has 1 aliphatic carbocycles. The predicted octanol–water partition coefficient (Wildman–Crippen LogP) is 5.55. The van der Waals surface area contributed by atoms with Crippen LogP contribution >= 0.6 is 15.9 Å². The number of carbonyl (C=O) groups is 1. The molecule has 23 heavy (non-hydrogen) atoms. The van der Waals surface area contributed by atoms with Crippen LogP contribution in [0.3, 0.4) is 0 Å². The van der Waals surface area contributed by atoms with E-state index in [4.69, 9.17) is 4.74 Å². The molecule has 4 heteroatoms. The molecule has 0 atom stereocenters. The fourth-order valence-electron chi connectivity index (χ4n) is 3.64. The highest BCUT2D eigenvalue weighted by Gasteiger charge is 2.19. The smallest absolute Gasteiger partial charge is 0.354 e. The zero-order valence-corrected chi connectivity index (χ0v) is 15.3. The molecule has 3 rings (SSSR count). The lowest BCUT2D eigenvalue weighted by molar-refractivity contribution is 0.0513. The molecule has 1 aromatic carbocycles. The summed E-state index contributed by atoms with van der Waals surface area (Å²) in [7, 11) is 0. The van der Waals surface area contributed by atoms with E-state index in [9.17, 15) is 4.79 Å². The van der Waals surface area contributed by atoms with Gasteiger partial charge in [-0.15, -0.1) is 0 Å². The highest BCUT2D eigenvalue weighted by atomic mass is 79.9. The van der Waals surface area contributed by atoms with Crippen molar-refractivity contribution in [1.82, 2.24) is 4.57 Å². The summed E-state index contributed by atoms with van der Waals surface area (Å²) in [6.07, 6.45) is 7.90. The summed E-state index contributed by atoms with van der Waals surface area (Å²) < 4.78 is 8.43. The van der Waals surface area contributed by atoms with Gasteiger partial charge in [0.2, 0.25) is 0 Å². The quantitative estimate of drug-likeness (QED) is 0.639. The Balaban J connectivity index is 1.88. The van der Waals surface area contributed by atoms with Crippen LogP contribution in [0.1, 0.15) is 55.9 Å². The number of hydrogen-bond acceptors (Lipinski definition) is 2. The number of halogens is 1. The Kier molecular flexibility index (Phi) is 5.42. The molecule has 0 bridgehead atoms. The average molecular weight is 378 g/mol. The first-order chi connectivity index (χ1) is 11.2. The van der Waals surface area contributed by atoms with Gasteiger partial charge in [-0.3, -0.25) is 0 Å². The summed E-state index contributed by atoms with van der Waals surface area (Å²) in [5, 5.41) is 1.09. The van der Waals surface area contributed by atoms with Gasteiger partial charge < -0.3 is 9.30 Å². The Hall–Kier alpha value is -1.29. The summed E-state index contributed by atoms with van der Waals surface area (Å²) in [5.41, 5.74) is 1.79. The maximum atomic E-state index is 12.3. The van der Waals surface area contributed by atoms with Gasteiger partial charge in [-0.05, 0) is 43.5 Å². The van der Waals surface area contributed by atoms with Gasteiger partial charge in [0.15, 0.2) is 0 Å². The van der Waals surface area contributed by atoms with Gasteiger partial charge in [0.05, 0.1) is 6.61 Å². The summed E-state index contributed by atoms with van der Waals surface area (Å²) in [6, 6.07) is 8.14. The van der Waals surface area contributed by atoms with E-state index in [1.165, 1.54) is 32.1 Å². The van der Waals surface area contributed by atoms with Crippen molar-refractivity contribution < 1.29 is 9.53 Å². The molecule has 0 unspecified atom stereocenters. The third kappa shape index (κ3) is 3.79. The van der Waals surface area contributed by atoms with Crippen LogP contribution in [0.4, 0.5) is 0 Å². The van der Waals surface area contributed by atoms with Crippen LogP contribution in [0.15, 0.2) is 28.7 Å². The maximum absolute atomic E-state index is 12.3. The monoisotopic (exact) mass is 377 g/mol. The van der Waals surface area contributed by atoms with E-state index in [-0.39, 0.29) is 5.97 Å². The number of aryl methyl sites for hydroxylation is 1. The number of fused-ring (bicyclic) bond motifs is 1. The largest absolute Gasteiger partial charge is 0.461 e. The Labute approximate surface area is 146 Å². The molecule has 0 radical (unpaired) electrons. The van der Waals surface area contributed by atoms with Crippen LogP contribution in [-0.2, 0) is 11.3 Å². The normalized spacial score (nSPS) is 15.9. The lowest BCUT2D eigenvalue weighted by atomic mass is 9.87. The molecule has 0 aliphatic heterocycles. The molecule has 1 saturated carbocycles. The molecule has 3 nitrogen and oxygen atoms in total. The highest BCUT2D eigenvalue weighted by molar-refractivity contribution is 9.10. The average Bonchev–Trinajstić information content (AvgIpc) is 2.92. The van der Waals surface area contributed by atoms with Crippen LogP contribution in [0.2, 0.25) is 0 Å². The fourth-order valence-corrected chi connectivity index (χ4v) is 4.02. The lowest BCUT2D eigenvalue weighted by Gasteiger charge is -2.22. The number of hydrogen-bond donors (Lipinski definition) is 0. The van der Waals surface area contributed by atoms with Crippen LogP contribution in [0, 0.1) is 5.92 Å². The second kappa shape index (κ2) is 7.52. The molecule has 2 aromatic rings. The zero-order valence-electron chi connectivity index (χ0n) is 13.7. The van der Waals surface area contributed by atoms with Crippen molar-refractivity contribution in [2.75, 3.05) is 6.61 Å². The van der Waals surface area contributed by atoms with Crippen molar-refractivity contribution in [2.24, 2.45) is 5.92 Å². The van der Waals surface area contributed by atoms with Crippen molar-refractivity contribution in [2.45, 2.75) is 52.0 Å². The standard InChI is InChI=1S/C19H24BrNO2/c1-2-23-19(22)18-13-15-12-16(20)8-9-17(15)21(18)11-10-14-6-4-3-5-7-14/h8-9,12-14H,2-7,10-11H2,1H3. The van der Waals surface area contributed by atoms with Gasteiger partial charge in [-0.2, -0.15) is 0 Å². The number of esters is 1. The summed E-state index contributed by atoms with van der Waals surface area (Å²) in [4.78, 5) is 12.3. The molecular formula is C19H24BrNO2. The predicted molar refractivity (Wildman–Crippen MR) is 96.8 cm³/mol. The Bertz CT molecular complexity index is 686. The van der Waals surface area contributed by atoms with Gasteiger partial charge >= 0.3 is 5.97 Å². The van der Waals surface area contributed by atoms with Gasteiger partial charge in [0, 0.05) is 21.9 Å². The minimum Gasteiger partial charge on any atom is -0.461 e. The molecule has 1 heterocycles. The van der Waals surface area contributed by atoms with E-state index in [0.717, 1.165) is 34.3 Å². The highest BCUT2D eigenvalue weighted by Crippen LogP contribution is 2.29. The van der Waals surface area contributed by atoms with Crippen molar-refractivity contribution in [1.29, 1.82) is 0 Å². The van der Waals surface area contributed by atoms with Crippen molar-refractivity contribution >= 4 is 32.8 Å². The summed E-state index contributed by atoms with van der Waals surface area (Å²) >= 11 is 3.51. The first-order valence-corrected chi connectivity index (χ1v) is 9.44. The minimum atomic E-state index is -0.219. The number of ether oxygens (including phenoxy) is 1. The first-order valence-electron chi connectivity index (χ1n) is 8.65. The van der Waals surface area contributed by atoms with Crippen LogP contribution in [0.25, 0.3) is 10.9 Å². The molecule has 0 spiro atoms. The second-order valence-electron chi connectivity index (χ2n) is 6.40. The summed E-state index contributed by atoms with van der Waals surface area (Å²) in [6.45, 7) is 3.15. The second-order valence-corrected chi connectivity index (χ2v) is 7.31. The molecule has 1 fully saturated rings. The van der Waals surface area contributed by atoms with Crippen LogP contribution in [0.5, 0.6) is 0 Å². The molecule has 1 aromatic heterocycles. The van der Waals surface area contributed by atoms with Crippen LogP contribution < -0.4 is 0 Å².